The van der Waals surface area contributed by atoms with Gasteiger partial charge in [-0.3, -0.25) is 4.57 Å². The average Bonchev–Trinajstić information content (AvgIpc) is 2.70. The van der Waals surface area contributed by atoms with Crippen molar-refractivity contribution >= 4 is 19.4 Å². The molecule has 0 heterocycles. The molecule has 0 amide bonds. The summed E-state index contributed by atoms with van der Waals surface area (Å²) < 4.78 is 64.2. The summed E-state index contributed by atoms with van der Waals surface area (Å²) in [5.74, 6) is 0.305. The number of hydrogen-bond acceptors (Lipinski definition) is 3. The van der Waals surface area contributed by atoms with Crippen LogP contribution in [0.15, 0.2) is 47.4 Å². The number of nitrogens with one attached hydrogen (secondary N) is 1. The van der Waals surface area contributed by atoms with Gasteiger partial charge in [0, 0.05) is 11.4 Å². The van der Waals surface area contributed by atoms with Crippen molar-refractivity contribution in [3.8, 4) is 0 Å². The molecule has 178 valence electrons. The molecule has 0 aromatic heterocycles. The first-order chi connectivity index (χ1) is 15.0. The fraction of sp³-hybridized carbons (Fsp3) is 0.455. The van der Waals surface area contributed by atoms with Crippen molar-refractivity contribution in [1.29, 1.82) is 0 Å². The van der Waals surface area contributed by atoms with Crippen LogP contribution < -0.4 is 5.32 Å². The molecule has 2 aromatic carbocycles. The van der Waals surface area contributed by atoms with Crippen LogP contribution in [0.2, 0.25) is 0 Å². The Bertz CT molecular complexity index is 888. The van der Waals surface area contributed by atoms with Crippen molar-refractivity contribution in [3.63, 3.8) is 0 Å². The van der Waals surface area contributed by atoms with Gasteiger partial charge in [0.1, 0.15) is 5.82 Å². The van der Waals surface area contributed by atoms with Crippen molar-refractivity contribution in [2.24, 2.45) is 0 Å². The summed E-state index contributed by atoms with van der Waals surface area (Å²) in [5.41, 5.74) is 0.852. The Morgan fingerprint density at radius 1 is 0.938 bits per heavy atom. The van der Waals surface area contributed by atoms with Gasteiger partial charge in [0.2, 0.25) is 0 Å². The first-order valence-corrected chi connectivity index (χ1v) is 13.2. The largest absolute Gasteiger partial charge is 0.417 e. The molecule has 0 saturated carbocycles. The molecule has 0 aliphatic rings. The predicted molar refractivity (Wildman–Crippen MR) is 119 cm³/mol. The summed E-state index contributed by atoms with van der Waals surface area (Å²) in [4.78, 5) is 17.8. The zero-order valence-electron chi connectivity index (χ0n) is 17.6. The normalized spacial score (nSPS) is 12.3. The third kappa shape index (κ3) is 10.5. The van der Waals surface area contributed by atoms with Gasteiger partial charge in [0.05, 0.1) is 11.7 Å². The number of unbranched alkanes of at least 4 members (excludes halogenated alkanes) is 2. The molecular formula is C22H28F4NO3PS. The molecule has 0 saturated heterocycles. The SMILES string of the molecule is O=P(O)(O)CCCNCc1ccc(SCCCCCc2ccc(F)cc2)c(C(F)(F)F)c1. The summed E-state index contributed by atoms with van der Waals surface area (Å²) in [6.45, 7) is 0.499. The van der Waals surface area contributed by atoms with E-state index in [1.54, 1.807) is 18.2 Å². The van der Waals surface area contributed by atoms with E-state index in [0.717, 1.165) is 37.3 Å². The smallest absolute Gasteiger partial charge is 0.324 e. The topological polar surface area (TPSA) is 69.6 Å². The highest BCUT2D eigenvalue weighted by Crippen LogP contribution is 2.38. The number of rotatable bonds is 13. The average molecular weight is 494 g/mol. The van der Waals surface area contributed by atoms with Gasteiger partial charge in [-0.25, -0.2) is 4.39 Å². The van der Waals surface area contributed by atoms with Crippen LogP contribution in [0.5, 0.6) is 0 Å². The second kappa shape index (κ2) is 12.8. The van der Waals surface area contributed by atoms with Crippen molar-refractivity contribution in [2.45, 2.75) is 49.7 Å². The van der Waals surface area contributed by atoms with E-state index in [1.165, 1.54) is 30.0 Å². The lowest BCUT2D eigenvalue weighted by molar-refractivity contribution is -0.139. The molecule has 2 rings (SSSR count). The second-order valence-electron chi connectivity index (χ2n) is 7.53. The molecular weight excluding hydrogens is 465 g/mol. The number of alkyl halides is 3. The van der Waals surface area contributed by atoms with Crippen molar-refractivity contribution < 1.29 is 31.9 Å². The van der Waals surface area contributed by atoms with Gasteiger partial charge in [0.25, 0.3) is 0 Å². The van der Waals surface area contributed by atoms with E-state index in [2.05, 4.69) is 5.32 Å². The lowest BCUT2D eigenvalue weighted by Crippen LogP contribution is -2.17. The molecule has 3 N–H and O–H groups in total. The fourth-order valence-electron chi connectivity index (χ4n) is 3.12. The standard InChI is InChI=1S/C22H28F4NO3PS/c23-19-9-6-17(7-10-19)5-2-1-3-14-32-21-11-8-18(15-20(21)22(24,25)26)16-27-12-4-13-31(28,29)30/h6-11,15,27H,1-5,12-14,16H2,(H2,28,29,30). The first kappa shape index (κ1) is 26.9. The Balaban J connectivity index is 1.78. The van der Waals surface area contributed by atoms with Crippen LogP contribution in [0, 0.1) is 5.82 Å². The van der Waals surface area contributed by atoms with Crippen molar-refractivity contribution in [3.05, 3.63) is 65.0 Å². The molecule has 0 aliphatic carbocycles. The molecule has 0 unspecified atom stereocenters. The van der Waals surface area contributed by atoms with Crippen molar-refractivity contribution in [2.75, 3.05) is 18.5 Å². The van der Waals surface area contributed by atoms with Crippen LogP contribution in [-0.4, -0.2) is 28.2 Å². The third-order valence-corrected chi connectivity index (χ3v) is 6.82. The van der Waals surface area contributed by atoms with Crippen molar-refractivity contribution in [1.82, 2.24) is 5.32 Å². The van der Waals surface area contributed by atoms with E-state index in [-0.39, 0.29) is 29.8 Å². The van der Waals surface area contributed by atoms with Gasteiger partial charge in [-0.2, -0.15) is 13.2 Å². The highest BCUT2D eigenvalue weighted by atomic mass is 32.2. The van der Waals surface area contributed by atoms with Crippen LogP contribution in [0.3, 0.4) is 0 Å². The van der Waals surface area contributed by atoms with E-state index in [0.29, 0.717) is 17.9 Å². The van der Waals surface area contributed by atoms with Gasteiger partial charge in [-0.05, 0) is 73.4 Å². The molecule has 32 heavy (non-hydrogen) atoms. The second-order valence-corrected chi connectivity index (χ2v) is 10.4. The number of benzene rings is 2. The van der Waals surface area contributed by atoms with Crippen LogP contribution in [0.25, 0.3) is 0 Å². The third-order valence-electron chi connectivity index (χ3n) is 4.76. The van der Waals surface area contributed by atoms with Gasteiger partial charge < -0.3 is 15.1 Å². The van der Waals surface area contributed by atoms with Crippen LogP contribution in [-0.2, 0) is 23.7 Å². The highest BCUT2D eigenvalue weighted by molar-refractivity contribution is 7.99. The van der Waals surface area contributed by atoms with E-state index in [9.17, 15) is 22.1 Å². The maximum absolute atomic E-state index is 13.5. The minimum absolute atomic E-state index is 0.193. The molecule has 2 aromatic rings. The Kier molecular flexibility index (Phi) is 10.7. The molecule has 0 radical (unpaired) electrons. The molecule has 0 spiro atoms. The molecule has 0 atom stereocenters. The minimum atomic E-state index is -4.46. The zero-order chi connectivity index (χ0) is 23.6. The van der Waals surface area contributed by atoms with Crippen LogP contribution in [0.4, 0.5) is 17.6 Å². The highest BCUT2D eigenvalue weighted by Gasteiger charge is 2.33. The fourth-order valence-corrected chi connectivity index (χ4v) is 4.75. The lowest BCUT2D eigenvalue weighted by Gasteiger charge is -2.15. The zero-order valence-corrected chi connectivity index (χ0v) is 19.3. The first-order valence-electron chi connectivity index (χ1n) is 10.4. The molecule has 0 fully saturated rings. The maximum Gasteiger partial charge on any atom is 0.417 e. The lowest BCUT2D eigenvalue weighted by atomic mass is 10.1. The predicted octanol–water partition coefficient (Wildman–Crippen LogP) is 6.01. The summed E-state index contributed by atoms with van der Waals surface area (Å²) in [6.07, 6.45) is -1.10. The van der Waals surface area contributed by atoms with Gasteiger partial charge in [-0.15, -0.1) is 11.8 Å². The Hall–Kier alpha value is -1.38. The summed E-state index contributed by atoms with van der Waals surface area (Å²) in [5, 5.41) is 2.92. The molecule has 4 nitrogen and oxygen atoms in total. The van der Waals surface area contributed by atoms with Crippen LogP contribution in [0.1, 0.15) is 42.4 Å². The summed E-state index contributed by atoms with van der Waals surface area (Å²) >= 11 is 1.19. The summed E-state index contributed by atoms with van der Waals surface area (Å²) in [7, 11) is -4.06. The van der Waals surface area contributed by atoms with E-state index in [4.69, 9.17) is 9.79 Å². The van der Waals surface area contributed by atoms with Gasteiger partial charge >= 0.3 is 13.8 Å². The van der Waals surface area contributed by atoms with E-state index in [1.807, 2.05) is 0 Å². The Labute approximate surface area is 190 Å². The van der Waals surface area contributed by atoms with Gasteiger partial charge in [0.15, 0.2) is 0 Å². The molecule has 0 bridgehead atoms. The van der Waals surface area contributed by atoms with E-state index >= 15 is 0 Å². The number of aryl methyl sites for hydroxylation is 1. The Morgan fingerprint density at radius 3 is 2.28 bits per heavy atom. The number of hydrogen-bond donors (Lipinski definition) is 3. The monoisotopic (exact) mass is 493 g/mol. The van der Waals surface area contributed by atoms with Gasteiger partial charge in [-0.1, -0.05) is 24.6 Å². The number of halogens is 4. The summed E-state index contributed by atoms with van der Waals surface area (Å²) in [6, 6.07) is 10.6. The minimum Gasteiger partial charge on any atom is -0.324 e. The quantitative estimate of drug-likeness (QED) is 0.138. The molecule has 0 aliphatic heterocycles. The van der Waals surface area contributed by atoms with Crippen LogP contribution >= 0.6 is 19.4 Å². The number of thioether (sulfide) groups is 1. The maximum atomic E-state index is 13.5. The van der Waals surface area contributed by atoms with E-state index < -0.39 is 19.3 Å². The Morgan fingerprint density at radius 2 is 1.62 bits per heavy atom. The molecule has 10 heteroatoms.